The predicted molar refractivity (Wildman–Crippen MR) is 107 cm³/mol. The van der Waals surface area contributed by atoms with Crippen molar-refractivity contribution in [1.29, 1.82) is 0 Å². The number of rotatable bonds is 5. The van der Waals surface area contributed by atoms with Crippen molar-refractivity contribution < 1.29 is 9.53 Å². The first kappa shape index (κ1) is 18.0. The van der Waals surface area contributed by atoms with E-state index in [1.165, 1.54) is 11.1 Å². The Labute approximate surface area is 155 Å². The Kier molecular flexibility index (Phi) is 5.27. The average Bonchev–Trinajstić information content (AvgIpc) is 2.61. The lowest BCUT2D eigenvalue weighted by molar-refractivity contribution is -0.127. The number of fused-ring (bicyclic) bond motifs is 1. The van der Waals surface area contributed by atoms with Crippen LogP contribution < -0.4 is 10.1 Å². The van der Waals surface area contributed by atoms with Gasteiger partial charge in [-0.1, -0.05) is 54.1 Å². The summed E-state index contributed by atoms with van der Waals surface area (Å²) in [5.74, 6) is 0.580. The van der Waals surface area contributed by atoms with Crippen LogP contribution in [0.5, 0.6) is 5.75 Å². The van der Waals surface area contributed by atoms with Gasteiger partial charge in [0.2, 0.25) is 0 Å². The van der Waals surface area contributed by atoms with Crippen LogP contribution in [0.2, 0.25) is 0 Å². The first-order valence-electron chi connectivity index (χ1n) is 8.97. The first-order chi connectivity index (χ1) is 12.4. The van der Waals surface area contributed by atoms with E-state index in [9.17, 15) is 4.79 Å². The van der Waals surface area contributed by atoms with Crippen LogP contribution in [0.1, 0.15) is 36.6 Å². The van der Waals surface area contributed by atoms with Gasteiger partial charge in [-0.3, -0.25) is 4.79 Å². The van der Waals surface area contributed by atoms with Crippen molar-refractivity contribution in [2.45, 2.75) is 39.8 Å². The smallest absolute Gasteiger partial charge is 0.261 e. The highest BCUT2D eigenvalue weighted by Crippen LogP contribution is 2.22. The molecular formula is C23H25NO2. The third-order valence-electron chi connectivity index (χ3n) is 4.65. The molecule has 0 aliphatic carbocycles. The van der Waals surface area contributed by atoms with Crippen LogP contribution in [0.15, 0.2) is 60.7 Å². The summed E-state index contributed by atoms with van der Waals surface area (Å²) in [5, 5.41) is 5.30. The minimum atomic E-state index is -0.565. The summed E-state index contributed by atoms with van der Waals surface area (Å²) in [7, 11) is 0. The van der Waals surface area contributed by atoms with E-state index in [-0.39, 0.29) is 11.9 Å². The van der Waals surface area contributed by atoms with Crippen LogP contribution in [0.25, 0.3) is 10.8 Å². The van der Waals surface area contributed by atoms with E-state index >= 15 is 0 Å². The van der Waals surface area contributed by atoms with Crippen LogP contribution in [-0.2, 0) is 4.79 Å². The monoisotopic (exact) mass is 347 g/mol. The molecule has 0 bridgehead atoms. The quantitative estimate of drug-likeness (QED) is 0.697. The molecule has 0 aromatic heterocycles. The molecule has 0 saturated carbocycles. The number of hydrogen-bond acceptors (Lipinski definition) is 2. The largest absolute Gasteiger partial charge is 0.481 e. The SMILES string of the molecule is Cc1ccc(C(C)NC(=O)C(C)Oc2ccc3ccccc3c2)c(C)c1. The van der Waals surface area contributed by atoms with Gasteiger partial charge in [-0.05, 0) is 61.7 Å². The van der Waals surface area contributed by atoms with Crippen LogP contribution in [0, 0.1) is 13.8 Å². The highest BCUT2D eigenvalue weighted by molar-refractivity contribution is 5.84. The molecule has 0 heterocycles. The van der Waals surface area contributed by atoms with Gasteiger partial charge in [-0.25, -0.2) is 0 Å². The van der Waals surface area contributed by atoms with Gasteiger partial charge < -0.3 is 10.1 Å². The molecule has 3 aromatic rings. The van der Waals surface area contributed by atoms with E-state index < -0.39 is 6.10 Å². The molecule has 0 aliphatic heterocycles. The van der Waals surface area contributed by atoms with Crippen LogP contribution in [-0.4, -0.2) is 12.0 Å². The van der Waals surface area contributed by atoms with Gasteiger partial charge in [0.1, 0.15) is 5.75 Å². The maximum Gasteiger partial charge on any atom is 0.261 e. The summed E-state index contributed by atoms with van der Waals surface area (Å²) in [5.41, 5.74) is 3.53. The van der Waals surface area contributed by atoms with Gasteiger partial charge >= 0.3 is 0 Å². The van der Waals surface area contributed by atoms with Gasteiger partial charge in [0.05, 0.1) is 6.04 Å². The Balaban J connectivity index is 1.66. The topological polar surface area (TPSA) is 38.3 Å². The van der Waals surface area contributed by atoms with E-state index in [1.807, 2.05) is 43.3 Å². The molecule has 0 spiro atoms. The minimum absolute atomic E-state index is 0.0641. The number of nitrogens with one attached hydrogen (secondary N) is 1. The molecule has 134 valence electrons. The summed E-state index contributed by atoms with van der Waals surface area (Å²) >= 11 is 0. The maximum atomic E-state index is 12.5. The molecule has 1 N–H and O–H groups in total. The lowest BCUT2D eigenvalue weighted by Crippen LogP contribution is -2.38. The Bertz CT molecular complexity index is 932. The normalized spacial score (nSPS) is 13.2. The lowest BCUT2D eigenvalue weighted by atomic mass is 10.00. The number of ether oxygens (including phenoxy) is 1. The van der Waals surface area contributed by atoms with Crippen LogP contribution in [0.3, 0.4) is 0 Å². The number of carbonyl (C=O) groups is 1. The van der Waals surface area contributed by atoms with E-state index in [0.29, 0.717) is 5.75 Å². The summed E-state index contributed by atoms with van der Waals surface area (Å²) < 4.78 is 5.86. The highest BCUT2D eigenvalue weighted by atomic mass is 16.5. The zero-order chi connectivity index (χ0) is 18.7. The first-order valence-corrected chi connectivity index (χ1v) is 8.97. The van der Waals surface area contributed by atoms with Gasteiger partial charge in [-0.2, -0.15) is 0 Å². The zero-order valence-corrected chi connectivity index (χ0v) is 15.7. The number of aryl methyl sites for hydroxylation is 2. The molecule has 2 atom stereocenters. The predicted octanol–water partition coefficient (Wildman–Crippen LogP) is 5.10. The molecule has 0 aliphatic rings. The second-order valence-electron chi connectivity index (χ2n) is 6.86. The van der Waals surface area contributed by atoms with Crippen molar-refractivity contribution in [3.63, 3.8) is 0 Å². The molecule has 3 heteroatoms. The van der Waals surface area contributed by atoms with Crippen molar-refractivity contribution in [1.82, 2.24) is 5.32 Å². The molecule has 1 amide bonds. The Morgan fingerprint density at radius 1 is 0.923 bits per heavy atom. The minimum Gasteiger partial charge on any atom is -0.481 e. The second kappa shape index (κ2) is 7.61. The molecule has 3 rings (SSSR count). The summed E-state index contributed by atoms with van der Waals surface area (Å²) in [6.07, 6.45) is -0.565. The number of benzene rings is 3. The molecule has 0 radical (unpaired) electrons. The fourth-order valence-electron chi connectivity index (χ4n) is 3.22. The van der Waals surface area contributed by atoms with E-state index in [2.05, 4.69) is 43.4 Å². The van der Waals surface area contributed by atoms with Gasteiger partial charge in [0.15, 0.2) is 6.10 Å². The molecule has 3 nitrogen and oxygen atoms in total. The Morgan fingerprint density at radius 2 is 1.65 bits per heavy atom. The molecule has 0 saturated heterocycles. The number of hydrogen-bond donors (Lipinski definition) is 1. The Hall–Kier alpha value is -2.81. The van der Waals surface area contributed by atoms with Crippen molar-refractivity contribution in [2.75, 3.05) is 0 Å². The average molecular weight is 347 g/mol. The van der Waals surface area contributed by atoms with Crippen molar-refractivity contribution >= 4 is 16.7 Å². The van der Waals surface area contributed by atoms with Gasteiger partial charge in [-0.15, -0.1) is 0 Å². The summed E-state index contributed by atoms with van der Waals surface area (Å²) in [6.45, 7) is 7.91. The van der Waals surface area contributed by atoms with Crippen molar-refractivity contribution in [2.24, 2.45) is 0 Å². The van der Waals surface area contributed by atoms with Crippen LogP contribution >= 0.6 is 0 Å². The summed E-state index contributed by atoms with van der Waals surface area (Å²) in [6, 6.07) is 20.2. The fraction of sp³-hybridized carbons (Fsp3) is 0.261. The lowest BCUT2D eigenvalue weighted by Gasteiger charge is -2.20. The third-order valence-corrected chi connectivity index (χ3v) is 4.65. The number of carbonyl (C=O) groups excluding carboxylic acids is 1. The van der Waals surface area contributed by atoms with Gasteiger partial charge in [0.25, 0.3) is 5.91 Å². The van der Waals surface area contributed by atoms with Crippen LogP contribution in [0.4, 0.5) is 0 Å². The van der Waals surface area contributed by atoms with E-state index in [1.54, 1.807) is 6.92 Å². The molecule has 3 aromatic carbocycles. The molecule has 26 heavy (non-hydrogen) atoms. The maximum absolute atomic E-state index is 12.5. The third kappa shape index (κ3) is 4.05. The fourth-order valence-corrected chi connectivity index (χ4v) is 3.22. The van der Waals surface area contributed by atoms with E-state index in [0.717, 1.165) is 16.3 Å². The van der Waals surface area contributed by atoms with Crippen molar-refractivity contribution in [3.05, 3.63) is 77.4 Å². The Morgan fingerprint density at radius 3 is 2.38 bits per heavy atom. The van der Waals surface area contributed by atoms with Gasteiger partial charge in [0, 0.05) is 0 Å². The van der Waals surface area contributed by atoms with E-state index in [4.69, 9.17) is 4.74 Å². The molecule has 2 unspecified atom stereocenters. The molecule has 0 fully saturated rings. The highest BCUT2D eigenvalue weighted by Gasteiger charge is 2.18. The number of amides is 1. The molecular weight excluding hydrogens is 322 g/mol. The van der Waals surface area contributed by atoms with Crippen molar-refractivity contribution in [3.8, 4) is 5.75 Å². The second-order valence-corrected chi connectivity index (χ2v) is 6.86. The summed E-state index contributed by atoms with van der Waals surface area (Å²) in [4.78, 5) is 12.5. The standard InChI is InChI=1S/C23H25NO2/c1-15-9-12-22(16(2)13-15)17(3)24-23(25)18(4)26-21-11-10-19-7-5-6-8-20(19)14-21/h5-14,17-18H,1-4H3,(H,24,25). The zero-order valence-electron chi connectivity index (χ0n) is 15.7.